The van der Waals surface area contributed by atoms with E-state index in [1.54, 1.807) is 0 Å². The van der Waals surface area contributed by atoms with Crippen LogP contribution in [0.3, 0.4) is 0 Å². The number of sulfone groups is 1. The van der Waals surface area contributed by atoms with Crippen LogP contribution in [0.25, 0.3) is 0 Å². The predicted molar refractivity (Wildman–Crippen MR) is 71.3 cm³/mol. The Labute approximate surface area is 115 Å². The van der Waals surface area contributed by atoms with Gasteiger partial charge in [-0.15, -0.1) is 0 Å². The molecule has 0 spiro atoms. The smallest absolute Gasteiger partial charge is 0.335 e. The van der Waals surface area contributed by atoms with Gasteiger partial charge in [0.25, 0.3) is 0 Å². The molecule has 8 heteroatoms. The third-order valence-electron chi connectivity index (χ3n) is 3.13. The highest BCUT2D eigenvalue weighted by molar-refractivity contribution is 7.92. The molecule has 1 unspecified atom stereocenters. The van der Waals surface area contributed by atoms with E-state index in [1.807, 2.05) is 0 Å². The number of carbonyl (C=O) groups excluding carboxylic acids is 1. The minimum Gasteiger partial charge on any atom is -0.478 e. The van der Waals surface area contributed by atoms with Crippen LogP contribution in [0.4, 0.5) is 5.82 Å². The van der Waals surface area contributed by atoms with E-state index in [4.69, 9.17) is 5.11 Å². The molecule has 1 amide bonds. The Balaban J connectivity index is 2.15. The fourth-order valence-corrected chi connectivity index (χ4v) is 3.89. The summed E-state index contributed by atoms with van der Waals surface area (Å²) in [6.07, 6.45) is 2.78. The van der Waals surface area contributed by atoms with Gasteiger partial charge >= 0.3 is 5.97 Å². The lowest BCUT2D eigenvalue weighted by Crippen LogP contribution is -2.39. The molecule has 7 nitrogen and oxygen atoms in total. The number of pyridine rings is 1. The van der Waals surface area contributed by atoms with Crippen molar-refractivity contribution in [3.05, 3.63) is 23.9 Å². The first kappa shape index (κ1) is 14.4. The van der Waals surface area contributed by atoms with Gasteiger partial charge in [-0.25, -0.2) is 18.2 Å². The van der Waals surface area contributed by atoms with Crippen LogP contribution in [0.1, 0.15) is 29.6 Å². The first-order chi connectivity index (χ1) is 9.40. The second kappa shape index (κ2) is 5.58. The molecule has 0 aromatic carbocycles. The van der Waals surface area contributed by atoms with E-state index in [1.165, 1.54) is 18.3 Å². The molecule has 0 aliphatic carbocycles. The van der Waals surface area contributed by atoms with Crippen LogP contribution < -0.4 is 5.32 Å². The maximum absolute atomic E-state index is 12.0. The fourth-order valence-electron chi connectivity index (χ4n) is 2.09. The largest absolute Gasteiger partial charge is 0.478 e. The number of rotatable bonds is 3. The molecule has 1 aromatic heterocycles. The number of carbonyl (C=O) groups is 2. The molecule has 0 bridgehead atoms. The summed E-state index contributed by atoms with van der Waals surface area (Å²) < 4.78 is 23.6. The van der Waals surface area contributed by atoms with Crippen molar-refractivity contribution in [1.29, 1.82) is 0 Å². The molecule has 1 aromatic rings. The van der Waals surface area contributed by atoms with Crippen LogP contribution in [0.5, 0.6) is 0 Å². The summed E-state index contributed by atoms with van der Waals surface area (Å²) in [5.74, 6) is -1.75. The minimum atomic E-state index is -3.43. The quantitative estimate of drug-likeness (QED) is 0.848. The highest BCUT2D eigenvalue weighted by Gasteiger charge is 2.34. The number of nitrogens with one attached hydrogen (secondary N) is 1. The van der Waals surface area contributed by atoms with Crippen molar-refractivity contribution in [2.45, 2.75) is 24.5 Å². The molecule has 1 saturated heterocycles. The molecule has 20 heavy (non-hydrogen) atoms. The summed E-state index contributed by atoms with van der Waals surface area (Å²) in [6, 6.07) is 2.48. The Morgan fingerprint density at radius 1 is 1.35 bits per heavy atom. The third-order valence-corrected chi connectivity index (χ3v) is 5.30. The van der Waals surface area contributed by atoms with Crippen LogP contribution in [-0.2, 0) is 14.6 Å². The van der Waals surface area contributed by atoms with Crippen LogP contribution in [-0.4, -0.2) is 41.4 Å². The first-order valence-electron chi connectivity index (χ1n) is 6.12. The first-order valence-corrected chi connectivity index (χ1v) is 7.83. The Hall–Kier alpha value is -1.96. The summed E-state index contributed by atoms with van der Waals surface area (Å²) in [5, 5.41) is 10.1. The molecule has 2 rings (SSSR count). The summed E-state index contributed by atoms with van der Waals surface area (Å²) in [6.45, 7) is 0. The normalized spacial score (nSPS) is 21.1. The molecule has 1 aliphatic heterocycles. The lowest BCUT2D eigenvalue weighted by molar-refractivity contribution is -0.116. The lowest BCUT2D eigenvalue weighted by Gasteiger charge is -2.21. The Morgan fingerprint density at radius 3 is 2.75 bits per heavy atom. The average molecular weight is 298 g/mol. The summed E-state index contributed by atoms with van der Waals surface area (Å²) in [5.41, 5.74) is -0.0261. The van der Waals surface area contributed by atoms with Crippen LogP contribution in [0, 0.1) is 0 Å². The fraction of sp³-hybridized carbons (Fsp3) is 0.417. The van der Waals surface area contributed by atoms with Gasteiger partial charge in [-0.1, -0.05) is 6.42 Å². The number of anilines is 1. The Morgan fingerprint density at radius 2 is 2.10 bits per heavy atom. The van der Waals surface area contributed by atoms with E-state index < -0.39 is 27.0 Å². The zero-order chi connectivity index (χ0) is 14.8. The van der Waals surface area contributed by atoms with Gasteiger partial charge in [0.2, 0.25) is 5.91 Å². The lowest BCUT2D eigenvalue weighted by atomic mass is 10.2. The maximum atomic E-state index is 12.0. The van der Waals surface area contributed by atoms with Crippen molar-refractivity contribution in [3.8, 4) is 0 Å². The molecular formula is C12H14N2O5S. The van der Waals surface area contributed by atoms with E-state index >= 15 is 0 Å². The SMILES string of the molecule is O=C(O)c1ccnc(NC(=O)C2CCCCS2(=O)=O)c1. The van der Waals surface area contributed by atoms with Crippen LogP contribution in [0.2, 0.25) is 0 Å². The summed E-state index contributed by atoms with van der Waals surface area (Å²) >= 11 is 0. The molecule has 1 fully saturated rings. The highest BCUT2D eigenvalue weighted by Crippen LogP contribution is 2.21. The number of carboxylic acids is 1. The standard InChI is InChI=1S/C12H14N2O5S/c15-11(9-3-1-2-6-20(9,18)19)14-10-7-8(12(16)17)4-5-13-10/h4-5,7,9H,1-3,6H2,(H,16,17)(H,13,14,15). The molecule has 2 N–H and O–H groups in total. The van der Waals surface area contributed by atoms with Gasteiger partial charge in [0.05, 0.1) is 11.3 Å². The second-order valence-electron chi connectivity index (χ2n) is 4.58. The Bertz CT molecular complexity index is 641. The van der Waals surface area contributed by atoms with Gasteiger partial charge in [-0.3, -0.25) is 4.79 Å². The van der Waals surface area contributed by atoms with Gasteiger partial charge in [0.1, 0.15) is 11.1 Å². The second-order valence-corrected chi connectivity index (χ2v) is 6.88. The topological polar surface area (TPSA) is 113 Å². The van der Waals surface area contributed by atoms with Crippen molar-refractivity contribution < 1.29 is 23.1 Å². The molecule has 1 atom stereocenters. The predicted octanol–water partition coefficient (Wildman–Crippen LogP) is 0.686. The summed E-state index contributed by atoms with van der Waals surface area (Å²) in [7, 11) is -3.43. The van der Waals surface area contributed by atoms with Crippen LogP contribution in [0.15, 0.2) is 18.3 Å². The van der Waals surface area contributed by atoms with E-state index in [9.17, 15) is 18.0 Å². The average Bonchev–Trinajstić information content (AvgIpc) is 2.38. The van der Waals surface area contributed by atoms with E-state index in [-0.39, 0.29) is 23.6 Å². The molecule has 108 valence electrons. The van der Waals surface area contributed by atoms with Crippen LogP contribution >= 0.6 is 0 Å². The summed E-state index contributed by atoms with van der Waals surface area (Å²) in [4.78, 5) is 26.6. The third kappa shape index (κ3) is 3.13. The number of carboxylic acid groups (broad SMARTS) is 1. The molecule has 0 saturated carbocycles. The van der Waals surface area contributed by atoms with Gasteiger partial charge < -0.3 is 10.4 Å². The van der Waals surface area contributed by atoms with Crippen molar-refractivity contribution in [2.75, 3.05) is 11.1 Å². The van der Waals surface area contributed by atoms with E-state index in [0.717, 1.165) is 0 Å². The molecule has 1 aliphatic rings. The van der Waals surface area contributed by atoms with Crippen molar-refractivity contribution in [3.63, 3.8) is 0 Å². The van der Waals surface area contributed by atoms with Gasteiger partial charge in [0.15, 0.2) is 9.84 Å². The molecule has 2 heterocycles. The Kier molecular flexibility index (Phi) is 4.03. The van der Waals surface area contributed by atoms with Gasteiger partial charge in [0, 0.05) is 6.20 Å². The van der Waals surface area contributed by atoms with Crippen molar-refractivity contribution in [1.82, 2.24) is 4.98 Å². The van der Waals surface area contributed by atoms with Gasteiger partial charge in [-0.2, -0.15) is 0 Å². The number of aromatic nitrogens is 1. The van der Waals surface area contributed by atoms with Gasteiger partial charge in [-0.05, 0) is 25.0 Å². The molecule has 0 radical (unpaired) electrons. The number of aromatic carboxylic acids is 1. The van der Waals surface area contributed by atoms with Crippen molar-refractivity contribution in [2.24, 2.45) is 0 Å². The zero-order valence-corrected chi connectivity index (χ0v) is 11.4. The van der Waals surface area contributed by atoms with E-state index in [0.29, 0.717) is 12.8 Å². The maximum Gasteiger partial charge on any atom is 0.335 e. The number of nitrogens with zero attached hydrogens (tertiary/aromatic N) is 1. The zero-order valence-electron chi connectivity index (χ0n) is 10.6. The van der Waals surface area contributed by atoms with Crippen molar-refractivity contribution >= 4 is 27.5 Å². The van der Waals surface area contributed by atoms with E-state index in [2.05, 4.69) is 10.3 Å². The highest BCUT2D eigenvalue weighted by atomic mass is 32.2. The number of amides is 1. The number of hydrogen-bond acceptors (Lipinski definition) is 5. The number of hydrogen-bond donors (Lipinski definition) is 2. The molecular weight excluding hydrogens is 284 g/mol. The monoisotopic (exact) mass is 298 g/mol. The minimum absolute atomic E-state index is 0.00762.